The van der Waals surface area contributed by atoms with Crippen molar-refractivity contribution in [2.75, 3.05) is 5.73 Å². The summed E-state index contributed by atoms with van der Waals surface area (Å²) in [5.74, 6) is -0.128. The van der Waals surface area contributed by atoms with Crippen LogP contribution >= 0.6 is 0 Å². The van der Waals surface area contributed by atoms with Crippen LogP contribution in [-0.4, -0.2) is 11.9 Å². The van der Waals surface area contributed by atoms with Gasteiger partial charge in [-0.2, -0.15) is 0 Å². The van der Waals surface area contributed by atoms with Gasteiger partial charge in [-0.15, -0.1) is 0 Å². The number of hydrogen-bond acceptors (Lipinski definition) is 4. The fourth-order valence-corrected chi connectivity index (χ4v) is 1.92. The standard InChI is InChI=1S/C16H12N2O2/c17-13-8-4-5-11(9-13)10-14-16(19)20-15(18-14)12-6-2-1-3-7-12/h1-10H,17H2. The summed E-state index contributed by atoms with van der Waals surface area (Å²) in [5, 5.41) is 0. The number of esters is 1. The summed E-state index contributed by atoms with van der Waals surface area (Å²) < 4.78 is 5.17. The van der Waals surface area contributed by atoms with Crippen molar-refractivity contribution in [2.45, 2.75) is 0 Å². The summed E-state index contributed by atoms with van der Waals surface area (Å²) in [6.45, 7) is 0. The number of nitrogen functional groups attached to an aromatic ring is 1. The van der Waals surface area contributed by atoms with Crippen molar-refractivity contribution < 1.29 is 9.53 Å². The predicted octanol–water partition coefficient (Wildman–Crippen LogP) is 2.61. The molecule has 0 fully saturated rings. The minimum absolute atomic E-state index is 0.273. The molecule has 20 heavy (non-hydrogen) atoms. The van der Waals surface area contributed by atoms with Gasteiger partial charge in [0.15, 0.2) is 5.70 Å². The largest absolute Gasteiger partial charge is 0.402 e. The smallest absolute Gasteiger partial charge is 0.363 e. The summed E-state index contributed by atoms with van der Waals surface area (Å²) in [7, 11) is 0. The highest BCUT2D eigenvalue weighted by Crippen LogP contribution is 2.19. The Balaban J connectivity index is 1.95. The van der Waals surface area contributed by atoms with Gasteiger partial charge in [-0.05, 0) is 35.9 Å². The number of cyclic esters (lactones) is 1. The Morgan fingerprint density at radius 2 is 1.85 bits per heavy atom. The Morgan fingerprint density at radius 3 is 2.60 bits per heavy atom. The number of nitrogens with two attached hydrogens (primary N) is 1. The van der Waals surface area contributed by atoms with Gasteiger partial charge in [-0.1, -0.05) is 30.3 Å². The lowest BCUT2D eigenvalue weighted by molar-refractivity contribution is -0.129. The molecule has 2 N–H and O–H groups in total. The summed E-state index contributed by atoms with van der Waals surface area (Å²) in [6.07, 6.45) is 1.66. The molecule has 0 spiro atoms. The van der Waals surface area contributed by atoms with Crippen molar-refractivity contribution in [2.24, 2.45) is 4.99 Å². The van der Waals surface area contributed by atoms with Gasteiger partial charge in [0, 0.05) is 11.3 Å². The van der Waals surface area contributed by atoms with E-state index >= 15 is 0 Å². The molecule has 0 atom stereocenters. The van der Waals surface area contributed by atoms with Crippen LogP contribution in [0.3, 0.4) is 0 Å². The fraction of sp³-hybridized carbons (Fsp3) is 0. The van der Waals surface area contributed by atoms with E-state index in [1.807, 2.05) is 42.5 Å². The maximum absolute atomic E-state index is 11.8. The molecule has 2 aromatic rings. The molecule has 0 amide bonds. The maximum atomic E-state index is 11.8. The first kappa shape index (κ1) is 12.2. The molecule has 98 valence electrons. The van der Waals surface area contributed by atoms with Crippen LogP contribution in [0.1, 0.15) is 11.1 Å². The normalized spacial score (nSPS) is 16.1. The number of carbonyl (C=O) groups excluding carboxylic acids is 1. The highest BCUT2D eigenvalue weighted by molar-refractivity contribution is 6.12. The molecule has 4 heteroatoms. The number of benzene rings is 2. The molecule has 1 aliphatic heterocycles. The van der Waals surface area contributed by atoms with Gasteiger partial charge < -0.3 is 10.5 Å². The van der Waals surface area contributed by atoms with Crippen LogP contribution < -0.4 is 5.73 Å². The Hall–Kier alpha value is -2.88. The molecule has 0 aliphatic carbocycles. The van der Waals surface area contributed by atoms with Crippen molar-refractivity contribution >= 4 is 23.6 Å². The number of rotatable bonds is 2. The summed E-state index contributed by atoms with van der Waals surface area (Å²) >= 11 is 0. The average Bonchev–Trinajstić information content (AvgIpc) is 2.81. The second-order valence-corrected chi connectivity index (χ2v) is 4.37. The number of nitrogens with zero attached hydrogens (tertiary/aromatic N) is 1. The van der Waals surface area contributed by atoms with E-state index in [4.69, 9.17) is 10.5 Å². The van der Waals surface area contributed by atoms with Crippen LogP contribution in [-0.2, 0) is 9.53 Å². The van der Waals surface area contributed by atoms with Gasteiger partial charge in [0.2, 0.25) is 5.90 Å². The van der Waals surface area contributed by atoms with Crippen LogP contribution in [0.5, 0.6) is 0 Å². The van der Waals surface area contributed by atoms with E-state index in [2.05, 4.69) is 4.99 Å². The van der Waals surface area contributed by atoms with Crippen LogP contribution in [0.2, 0.25) is 0 Å². The molecule has 1 heterocycles. The molecular weight excluding hydrogens is 252 g/mol. The van der Waals surface area contributed by atoms with Crippen LogP contribution in [0.4, 0.5) is 5.69 Å². The zero-order chi connectivity index (χ0) is 13.9. The zero-order valence-electron chi connectivity index (χ0n) is 10.6. The Morgan fingerprint density at radius 1 is 1.05 bits per heavy atom. The maximum Gasteiger partial charge on any atom is 0.363 e. The highest BCUT2D eigenvalue weighted by atomic mass is 16.6. The molecule has 0 aromatic heterocycles. The molecule has 0 radical (unpaired) electrons. The molecule has 0 unspecified atom stereocenters. The molecule has 3 rings (SSSR count). The highest BCUT2D eigenvalue weighted by Gasteiger charge is 2.23. The lowest BCUT2D eigenvalue weighted by Gasteiger charge is -1.97. The number of hydrogen-bond donors (Lipinski definition) is 1. The van der Waals surface area contributed by atoms with E-state index in [9.17, 15) is 4.79 Å². The van der Waals surface area contributed by atoms with E-state index in [0.29, 0.717) is 11.6 Å². The SMILES string of the molecule is Nc1cccc(C=C2N=C(c3ccccc3)OC2=O)c1. The average molecular weight is 264 g/mol. The predicted molar refractivity (Wildman–Crippen MR) is 77.9 cm³/mol. The van der Waals surface area contributed by atoms with Crippen LogP contribution in [0.25, 0.3) is 6.08 Å². The van der Waals surface area contributed by atoms with Gasteiger partial charge in [0.25, 0.3) is 0 Å². The number of aliphatic imine (C=N–C) groups is 1. The van der Waals surface area contributed by atoms with Crippen molar-refractivity contribution in [3.8, 4) is 0 Å². The molecule has 2 aromatic carbocycles. The summed E-state index contributed by atoms with van der Waals surface area (Å²) in [5.41, 5.74) is 8.20. The van der Waals surface area contributed by atoms with E-state index in [-0.39, 0.29) is 5.70 Å². The third-order valence-electron chi connectivity index (χ3n) is 2.86. The fourth-order valence-electron chi connectivity index (χ4n) is 1.92. The first-order valence-electron chi connectivity index (χ1n) is 6.16. The van der Waals surface area contributed by atoms with E-state index < -0.39 is 5.97 Å². The number of carbonyl (C=O) groups is 1. The van der Waals surface area contributed by atoms with Gasteiger partial charge in [0.05, 0.1) is 0 Å². The van der Waals surface area contributed by atoms with Crippen molar-refractivity contribution in [3.05, 3.63) is 71.4 Å². The molecule has 0 saturated carbocycles. The number of ether oxygens (including phenoxy) is 1. The van der Waals surface area contributed by atoms with Gasteiger partial charge in [-0.3, -0.25) is 0 Å². The van der Waals surface area contributed by atoms with Crippen LogP contribution in [0.15, 0.2) is 65.3 Å². The quantitative estimate of drug-likeness (QED) is 0.515. The summed E-state index contributed by atoms with van der Waals surface area (Å²) in [6, 6.07) is 16.5. The topological polar surface area (TPSA) is 64.7 Å². The van der Waals surface area contributed by atoms with Gasteiger partial charge in [-0.25, -0.2) is 9.79 Å². The second-order valence-electron chi connectivity index (χ2n) is 4.37. The minimum Gasteiger partial charge on any atom is -0.402 e. The molecule has 0 saturated heterocycles. The first-order chi connectivity index (χ1) is 9.72. The Kier molecular flexibility index (Phi) is 3.05. The van der Waals surface area contributed by atoms with Crippen molar-refractivity contribution in [1.29, 1.82) is 0 Å². The third kappa shape index (κ3) is 2.44. The van der Waals surface area contributed by atoms with E-state index in [1.54, 1.807) is 18.2 Å². The van der Waals surface area contributed by atoms with Crippen LogP contribution in [0, 0.1) is 0 Å². The van der Waals surface area contributed by atoms with E-state index in [1.165, 1.54) is 0 Å². The molecule has 4 nitrogen and oxygen atoms in total. The lowest BCUT2D eigenvalue weighted by Crippen LogP contribution is -2.04. The van der Waals surface area contributed by atoms with Crippen molar-refractivity contribution in [3.63, 3.8) is 0 Å². The number of anilines is 1. The Labute approximate surface area is 116 Å². The molecular formula is C16H12N2O2. The minimum atomic E-state index is -0.453. The Bertz CT molecular complexity index is 718. The summed E-state index contributed by atoms with van der Waals surface area (Å²) in [4.78, 5) is 16.0. The first-order valence-corrected chi connectivity index (χ1v) is 6.16. The van der Waals surface area contributed by atoms with Gasteiger partial charge >= 0.3 is 5.97 Å². The lowest BCUT2D eigenvalue weighted by atomic mass is 10.2. The molecule has 0 bridgehead atoms. The second kappa shape index (κ2) is 5.01. The zero-order valence-corrected chi connectivity index (χ0v) is 10.6. The van der Waals surface area contributed by atoms with E-state index in [0.717, 1.165) is 11.1 Å². The monoisotopic (exact) mass is 264 g/mol. The molecule has 1 aliphatic rings. The third-order valence-corrected chi connectivity index (χ3v) is 2.86. The van der Waals surface area contributed by atoms with Crippen molar-refractivity contribution in [1.82, 2.24) is 0 Å². The van der Waals surface area contributed by atoms with Gasteiger partial charge in [0.1, 0.15) is 0 Å².